The van der Waals surface area contributed by atoms with Crippen LogP contribution in [0.2, 0.25) is 0 Å². The number of thioether (sulfide) groups is 1. The second-order valence-corrected chi connectivity index (χ2v) is 7.60. The van der Waals surface area contributed by atoms with Crippen LogP contribution in [0.1, 0.15) is 11.3 Å². The largest absolute Gasteiger partial charge is 0.302 e. The van der Waals surface area contributed by atoms with Crippen molar-refractivity contribution in [1.29, 1.82) is 0 Å². The third kappa shape index (κ3) is 4.26. The van der Waals surface area contributed by atoms with Crippen LogP contribution in [0, 0.1) is 5.82 Å². The number of hydrogen-bond acceptors (Lipinski definition) is 5. The molecule has 27 heavy (non-hydrogen) atoms. The number of benzene rings is 2. The van der Waals surface area contributed by atoms with Crippen molar-refractivity contribution in [3.63, 3.8) is 0 Å². The van der Waals surface area contributed by atoms with E-state index in [9.17, 15) is 4.39 Å². The van der Waals surface area contributed by atoms with Gasteiger partial charge in [0.15, 0.2) is 11.0 Å². The number of hydrogen-bond donors (Lipinski definition) is 0. The maximum atomic E-state index is 14.3. The van der Waals surface area contributed by atoms with E-state index in [0.29, 0.717) is 23.7 Å². The molecule has 0 fully saturated rings. The van der Waals surface area contributed by atoms with Crippen molar-refractivity contribution in [2.45, 2.75) is 23.9 Å². The first-order chi connectivity index (χ1) is 13.3. The van der Waals surface area contributed by atoms with Gasteiger partial charge < -0.3 is 4.57 Å². The van der Waals surface area contributed by atoms with Crippen LogP contribution in [0.5, 0.6) is 0 Å². The summed E-state index contributed by atoms with van der Waals surface area (Å²) < 4.78 is 16.3. The Morgan fingerprint density at radius 1 is 1.00 bits per heavy atom. The first-order valence-corrected chi connectivity index (χ1v) is 10.5. The Labute approximate surface area is 165 Å². The van der Waals surface area contributed by atoms with Crippen LogP contribution in [0.4, 0.5) is 4.39 Å². The summed E-state index contributed by atoms with van der Waals surface area (Å²) in [5, 5.41) is 11.4. The third-order valence-electron chi connectivity index (χ3n) is 4.13. The molecule has 0 radical (unpaired) electrons. The molecule has 0 atom stereocenters. The van der Waals surface area contributed by atoms with Gasteiger partial charge in [0.05, 0.1) is 16.8 Å². The highest BCUT2D eigenvalue weighted by atomic mass is 32.2. The molecule has 4 nitrogen and oxygen atoms in total. The molecule has 0 bridgehead atoms. The van der Waals surface area contributed by atoms with Gasteiger partial charge in [-0.25, -0.2) is 9.37 Å². The maximum absolute atomic E-state index is 14.3. The van der Waals surface area contributed by atoms with Gasteiger partial charge in [0, 0.05) is 17.7 Å². The van der Waals surface area contributed by atoms with Gasteiger partial charge in [0.25, 0.3) is 0 Å². The van der Waals surface area contributed by atoms with Gasteiger partial charge in [-0.15, -0.1) is 21.5 Å². The summed E-state index contributed by atoms with van der Waals surface area (Å²) in [4.78, 5) is 4.31. The van der Waals surface area contributed by atoms with Gasteiger partial charge in [-0.3, -0.25) is 0 Å². The van der Waals surface area contributed by atoms with E-state index in [-0.39, 0.29) is 5.82 Å². The van der Waals surface area contributed by atoms with Crippen LogP contribution >= 0.6 is 23.1 Å². The van der Waals surface area contributed by atoms with Gasteiger partial charge in [-0.1, -0.05) is 54.2 Å². The van der Waals surface area contributed by atoms with Crippen molar-refractivity contribution < 1.29 is 4.39 Å². The number of rotatable bonds is 7. The topological polar surface area (TPSA) is 43.6 Å². The van der Waals surface area contributed by atoms with Crippen LogP contribution in [0.3, 0.4) is 0 Å². The first kappa shape index (κ1) is 17.9. The lowest BCUT2D eigenvalue weighted by molar-refractivity contribution is 0.616. The van der Waals surface area contributed by atoms with Crippen molar-refractivity contribution in [2.75, 3.05) is 0 Å². The molecule has 4 rings (SSSR count). The van der Waals surface area contributed by atoms with Crippen molar-refractivity contribution in [2.24, 2.45) is 0 Å². The normalized spacial score (nSPS) is 11.0. The summed E-state index contributed by atoms with van der Waals surface area (Å²) in [6, 6.07) is 16.9. The quantitative estimate of drug-likeness (QED) is 0.409. The molecule has 7 heteroatoms. The molecule has 2 aromatic carbocycles. The first-order valence-electron chi connectivity index (χ1n) is 8.53. The highest BCUT2D eigenvalue weighted by molar-refractivity contribution is 7.98. The molecule has 0 unspecified atom stereocenters. The molecule has 0 N–H and O–H groups in total. The number of halogens is 1. The average Bonchev–Trinajstić information content (AvgIpc) is 3.36. The standard InChI is InChI=1S/C20H17FN4S2/c21-18-9-5-4-8-17(18)19-23-24-20(27-13-16-12-26-14-22-16)25(19)11-10-15-6-2-1-3-7-15/h1-9,12,14H,10-11,13H2. The van der Waals surface area contributed by atoms with Crippen LogP contribution < -0.4 is 0 Å². The van der Waals surface area contributed by atoms with Crippen LogP contribution in [0.25, 0.3) is 11.4 Å². The van der Waals surface area contributed by atoms with Crippen molar-refractivity contribution >= 4 is 23.1 Å². The second kappa shape index (κ2) is 8.45. The Morgan fingerprint density at radius 3 is 2.59 bits per heavy atom. The zero-order valence-corrected chi connectivity index (χ0v) is 16.1. The van der Waals surface area contributed by atoms with Crippen molar-refractivity contribution in [3.05, 3.63) is 82.6 Å². The molecule has 136 valence electrons. The zero-order chi connectivity index (χ0) is 18.5. The fourth-order valence-corrected chi connectivity index (χ4v) is 4.30. The number of aryl methyl sites for hydroxylation is 1. The molecule has 2 heterocycles. The average molecular weight is 397 g/mol. The maximum Gasteiger partial charge on any atom is 0.191 e. The summed E-state index contributed by atoms with van der Waals surface area (Å²) in [5.41, 5.74) is 4.52. The molecule has 0 saturated carbocycles. The van der Waals surface area contributed by atoms with Gasteiger partial charge in [-0.2, -0.15) is 0 Å². The van der Waals surface area contributed by atoms with Crippen molar-refractivity contribution in [3.8, 4) is 11.4 Å². The summed E-state index contributed by atoms with van der Waals surface area (Å²) in [5.74, 6) is 0.983. The van der Waals surface area contributed by atoms with Gasteiger partial charge in [0.2, 0.25) is 0 Å². The molecule has 2 aromatic heterocycles. The summed E-state index contributed by atoms with van der Waals surface area (Å²) >= 11 is 3.15. The molecular formula is C20H17FN4S2. The van der Waals surface area contributed by atoms with E-state index >= 15 is 0 Å². The molecule has 0 spiro atoms. The molecule has 4 aromatic rings. The number of nitrogens with zero attached hydrogens (tertiary/aromatic N) is 4. The fourth-order valence-electron chi connectivity index (χ4n) is 2.77. The summed E-state index contributed by atoms with van der Waals surface area (Å²) in [6.45, 7) is 0.681. The van der Waals surface area contributed by atoms with Crippen LogP contribution in [-0.2, 0) is 18.7 Å². The molecule has 0 aliphatic heterocycles. The highest BCUT2D eigenvalue weighted by Crippen LogP contribution is 2.28. The van der Waals surface area contributed by atoms with E-state index in [0.717, 1.165) is 17.3 Å². The predicted octanol–water partition coefficient (Wildman–Crippen LogP) is 5.08. The summed E-state index contributed by atoms with van der Waals surface area (Å²) in [7, 11) is 0. The highest BCUT2D eigenvalue weighted by Gasteiger charge is 2.17. The number of thiazole rings is 1. The van der Waals surface area contributed by atoms with E-state index in [1.54, 1.807) is 35.2 Å². The van der Waals surface area contributed by atoms with E-state index in [2.05, 4.69) is 27.3 Å². The summed E-state index contributed by atoms with van der Waals surface area (Å²) in [6.07, 6.45) is 0.824. The number of aromatic nitrogens is 4. The smallest absolute Gasteiger partial charge is 0.191 e. The molecule has 0 aliphatic carbocycles. The predicted molar refractivity (Wildman–Crippen MR) is 107 cm³/mol. The monoisotopic (exact) mass is 396 g/mol. The Balaban J connectivity index is 1.63. The van der Waals surface area contributed by atoms with Gasteiger partial charge in [0.1, 0.15) is 5.82 Å². The molecule has 0 saturated heterocycles. The SMILES string of the molecule is Fc1ccccc1-c1nnc(SCc2cscn2)n1CCc1ccccc1. The Morgan fingerprint density at radius 2 is 1.81 bits per heavy atom. The third-order valence-corrected chi connectivity index (χ3v) is 5.77. The van der Waals surface area contributed by atoms with Crippen molar-refractivity contribution in [1.82, 2.24) is 19.7 Å². The minimum Gasteiger partial charge on any atom is -0.302 e. The van der Waals surface area contributed by atoms with E-state index in [4.69, 9.17) is 0 Å². The van der Waals surface area contributed by atoms with Crippen LogP contribution in [-0.4, -0.2) is 19.7 Å². The Kier molecular flexibility index (Phi) is 5.60. The molecule has 0 amide bonds. The molecule has 0 aliphatic rings. The van der Waals surface area contributed by atoms with E-state index in [1.807, 2.05) is 39.7 Å². The zero-order valence-electron chi connectivity index (χ0n) is 14.5. The lowest BCUT2D eigenvalue weighted by Crippen LogP contribution is -2.06. The fraction of sp³-hybridized carbons (Fsp3) is 0.150. The van der Waals surface area contributed by atoms with Crippen LogP contribution in [0.15, 0.2) is 70.6 Å². The van der Waals surface area contributed by atoms with Gasteiger partial charge in [-0.05, 0) is 24.1 Å². The van der Waals surface area contributed by atoms with Gasteiger partial charge >= 0.3 is 0 Å². The molecular weight excluding hydrogens is 379 g/mol. The lowest BCUT2D eigenvalue weighted by atomic mass is 10.1. The Hall–Kier alpha value is -2.51. The van der Waals surface area contributed by atoms with E-state index in [1.165, 1.54) is 11.6 Å². The minimum absolute atomic E-state index is 0.290. The lowest BCUT2D eigenvalue weighted by Gasteiger charge is -2.10. The Bertz CT molecular complexity index is 1000. The minimum atomic E-state index is -0.290. The second-order valence-electron chi connectivity index (χ2n) is 5.94. The van der Waals surface area contributed by atoms with E-state index < -0.39 is 0 Å².